The van der Waals surface area contributed by atoms with Gasteiger partial charge in [0, 0.05) is 11.6 Å². The first-order valence-electron chi connectivity index (χ1n) is 5.66. The van der Waals surface area contributed by atoms with Crippen molar-refractivity contribution in [2.45, 2.75) is 40.7 Å². The SMILES string of the molecule is C.CC(C)C[C@@H](C)NC(=O)c1ccc(F)c(F)c1. The van der Waals surface area contributed by atoms with Crippen molar-refractivity contribution in [3.63, 3.8) is 0 Å². The predicted octanol–water partition coefficient (Wildman–Crippen LogP) is 3.77. The molecule has 0 bridgehead atoms. The first kappa shape index (κ1) is 16.6. The number of benzene rings is 1. The van der Waals surface area contributed by atoms with Crippen LogP contribution in [0.15, 0.2) is 18.2 Å². The molecule has 4 heteroatoms. The Kier molecular flexibility index (Phi) is 6.52. The lowest BCUT2D eigenvalue weighted by Gasteiger charge is -2.15. The molecule has 0 radical (unpaired) electrons. The molecule has 0 aliphatic heterocycles. The summed E-state index contributed by atoms with van der Waals surface area (Å²) in [5.74, 6) is -1.86. The molecule has 1 aromatic carbocycles. The molecule has 18 heavy (non-hydrogen) atoms. The average Bonchev–Trinajstić information content (AvgIpc) is 2.20. The van der Waals surface area contributed by atoms with Crippen LogP contribution in [0.2, 0.25) is 0 Å². The van der Waals surface area contributed by atoms with E-state index in [1.165, 1.54) is 6.07 Å². The normalized spacial score (nSPS) is 11.9. The number of hydrogen-bond donors (Lipinski definition) is 1. The molecule has 2 nitrogen and oxygen atoms in total. The Morgan fingerprint density at radius 3 is 2.33 bits per heavy atom. The molecule has 1 N–H and O–H groups in total. The van der Waals surface area contributed by atoms with Crippen molar-refractivity contribution in [3.05, 3.63) is 35.4 Å². The highest BCUT2D eigenvalue weighted by molar-refractivity contribution is 5.94. The maximum Gasteiger partial charge on any atom is 0.251 e. The minimum absolute atomic E-state index is 0. The summed E-state index contributed by atoms with van der Waals surface area (Å²) in [6, 6.07) is 3.15. The minimum Gasteiger partial charge on any atom is -0.350 e. The van der Waals surface area contributed by atoms with Gasteiger partial charge in [-0.25, -0.2) is 8.78 Å². The molecule has 102 valence electrons. The summed E-state index contributed by atoms with van der Waals surface area (Å²) in [6.07, 6.45) is 0.843. The zero-order valence-corrected chi connectivity index (χ0v) is 10.3. The molecule has 0 saturated heterocycles. The first-order chi connectivity index (χ1) is 7.90. The van der Waals surface area contributed by atoms with E-state index in [2.05, 4.69) is 19.2 Å². The number of hydrogen-bond acceptors (Lipinski definition) is 1. The summed E-state index contributed by atoms with van der Waals surface area (Å²) in [4.78, 5) is 11.7. The van der Waals surface area contributed by atoms with Crippen LogP contribution in [-0.2, 0) is 0 Å². The van der Waals surface area contributed by atoms with Gasteiger partial charge in [-0.1, -0.05) is 21.3 Å². The summed E-state index contributed by atoms with van der Waals surface area (Å²) in [7, 11) is 0. The molecule has 0 unspecified atom stereocenters. The summed E-state index contributed by atoms with van der Waals surface area (Å²) >= 11 is 0. The molecular weight excluding hydrogens is 236 g/mol. The van der Waals surface area contributed by atoms with Gasteiger partial charge >= 0.3 is 0 Å². The van der Waals surface area contributed by atoms with Gasteiger partial charge in [-0.15, -0.1) is 0 Å². The van der Waals surface area contributed by atoms with Gasteiger partial charge in [0.1, 0.15) is 0 Å². The van der Waals surface area contributed by atoms with E-state index >= 15 is 0 Å². The Hall–Kier alpha value is -1.45. The Bertz CT molecular complexity index is 405. The van der Waals surface area contributed by atoms with Crippen molar-refractivity contribution in [3.8, 4) is 0 Å². The van der Waals surface area contributed by atoms with Crippen LogP contribution in [0, 0.1) is 17.6 Å². The van der Waals surface area contributed by atoms with E-state index in [4.69, 9.17) is 0 Å². The first-order valence-corrected chi connectivity index (χ1v) is 5.66. The Morgan fingerprint density at radius 2 is 1.83 bits per heavy atom. The lowest BCUT2D eigenvalue weighted by molar-refractivity contribution is 0.0935. The maximum atomic E-state index is 12.9. The van der Waals surface area contributed by atoms with Gasteiger partial charge in [-0.2, -0.15) is 0 Å². The largest absolute Gasteiger partial charge is 0.350 e. The zero-order valence-electron chi connectivity index (χ0n) is 10.3. The van der Waals surface area contributed by atoms with E-state index in [0.717, 1.165) is 18.6 Å². The van der Waals surface area contributed by atoms with Crippen LogP contribution >= 0.6 is 0 Å². The molecule has 1 atom stereocenters. The molecule has 0 aromatic heterocycles. The van der Waals surface area contributed by atoms with Crippen molar-refractivity contribution in [1.29, 1.82) is 0 Å². The number of carbonyl (C=O) groups excluding carboxylic acids is 1. The highest BCUT2D eigenvalue weighted by Crippen LogP contribution is 2.10. The molecular formula is C14H21F2NO. The van der Waals surface area contributed by atoms with Crippen molar-refractivity contribution in [2.75, 3.05) is 0 Å². The van der Waals surface area contributed by atoms with Crippen molar-refractivity contribution in [2.24, 2.45) is 5.92 Å². The molecule has 0 heterocycles. The molecule has 0 fully saturated rings. The van der Waals surface area contributed by atoms with Crippen molar-refractivity contribution in [1.82, 2.24) is 5.32 Å². The second-order valence-corrected chi connectivity index (χ2v) is 4.63. The molecule has 0 aliphatic rings. The zero-order chi connectivity index (χ0) is 13.0. The third-order valence-corrected chi connectivity index (χ3v) is 2.38. The topological polar surface area (TPSA) is 29.1 Å². The van der Waals surface area contributed by atoms with Crippen LogP contribution in [0.25, 0.3) is 0 Å². The molecule has 1 aromatic rings. The van der Waals surface area contributed by atoms with E-state index < -0.39 is 11.6 Å². The lowest BCUT2D eigenvalue weighted by atomic mass is 10.0. The number of halogens is 2. The second-order valence-electron chi connectivity index (χ2n) is 4.63. The summed E-state index contributed by atoms with van der Waals surface area (Å²) in [6.45, 7) is 6.00. The van der Waals surface area contributed by atoms with Gasteiger partial charge in [0.15, 0.2) is 11.6 Å². The molecule has 1 amide bonds. The highest BCUT2D eigenvalue weighted by atomic mass is 19.2. The van der Waals surface area contributed by atoms with Gasteiger partial charge in [0.2, 0.25) is 0 Å². The van der Waals surface area contributed by atoms with E-state index in [1.54, 1.807) is 0 Å². The third kappa shape index (κ3) is 4.82. The smallest absolute Gasteiger partial charge is 0.251 e. The number of rotatable bonds is 4. The van der Waals surface area contributed by atoms with Crippen molar-refractivity contribution >= 4 is 5.91 Å². The lowest BCUT2D eigenvalue weighted by Crippen LogP contribution is -2.33. The van der Waals surface area contributed by atoms with Gasteiger partial charge in [-0.05, 0) is 37.5 Å². The standard InChI is InChI=1S/C13H17F2NO.CH4/c1-8(2)6-9(3)16-13(17)10-4-5-11(14)12(15)7-10;/h4-5,7-9H,6H2,1-3H3,(H,16,17);1H4/t9-;/m1./s1. The fourth-order valence-electron chi connectivity index (χ4n) is 1.71. The van der Waals surface area contributed by atoms with Crippen LogP contribution in [0.4, 0.5) is 8.78 Å². The van der Waals surface area contributed by atoms with E-state index in [9.17, 15) is 13.6 Å². The number of carbonyl (C=O) groups is 1. The fourth-order valence-corrected chi connectivity index (χ4v) is 1.71. The van der Waals surface area contributed by atoms with Crippen molar-refractivity contribution < 1.29 is 13.6 Å². The Balaban J connectivity index is 0.00000289. The van der Waals surface area contributed by atoms with Crippen LogP contribution in [0.5, 0.6) is 0 Å². The Morgan fingerprint density at radius 1 is 1.22 bits per heavy atom. The quantitative estimate of drug-likeness (QED) is 0.874. The molecule has 1 rings (SSSR count). The van der Waals surface area contributed by atoms with Gasteiger partial charge in [0.25, 0.3) is 5.91 Å². The third-order valence-electron chi connectivity index (χ3n) is 2.38. The van der Waals surface area contributed by atoms with E-state index in [-0.39, 0.29) is 24.9 Å². The molecule has 0 spiro atoms. The minimum atomic E-state index is -1.01. The van der Waals surface area contributed by atoms with E-state index in [0.29, 0.717) is 5.92 Å². The average molecular weight is 257 g/mol. The maximum absolute atomic E-state index is 12.9. The van der Waals surface area contributed by atoms with Crippen LogP contribution in [0.3, 0.4) is 0 Å². The van der Waals surface area contributed by atoms with Crippen LogP contribution in [-0.4, -0.2) is 11.9 Å². The highest BCUT2D eigenvalue weighted by Gasteiger charge is 2.12. The van der Waals surface area contributed by atoms with Gasteiger partial charge in [-0.3, -0.25) is 4.79 Å². The van der Waals surface area contributed by atoms with Crippen LogP contribution < -0.4 is 5.32 Å². The summed E-state index contributed by atoms with van der Waals surface area (Å²) in [5, 5.41) is 2.75. The molecule has 0 aliphatic carbocycles. The molecule has 0 saturated carbocycles. The predicted molar refractivity (Wildman–Crippen MR) is 69.5 cm³/mol. The van der Waals surface area contributed by atoms with Gasteiger partial charge < -0.3 is 5.32 Å². The second kappa shape index (κ2) is 7.09. The fraction of sp³-hybridized carbons (Fsp3) is 0.500. The van der Waals surface area contributed by atoms with Gasteiger partial charge in [0.05, 0.1) is 0 Å². The van der Waals surface area contributed by atoms with Crippen LogP contribution in [0.1, 0.15) is 45.0 Å². The van der Waals surface area contributed by atoms with E-state index in [1.807, 2.05) is 6.92 Å². The number of amides is 1. The summed E-state index contributed by atoms with van der Waals surface area (Å²) in [5.41, 5.74) is 0.138. The number of nitrogens with one attached hydrogen (secondary N) is 1. The summed E-state index contributed by atoms with van der Waals surface area (Å²) < 4.78 is 25.6. The Labute approximate surface area is 107 Å². The monoisotopic (exact) mass is 257 g/mol.